The van der Waals surface area contributed by atoms with Gasteiger partial charge in [0, 0.05) is 23.1 Å². The second-order valence-corrected chi connectivity index (χ2v) is 7.71. The highest BCUT2D eigenvalue weighted by Crippen LogP contribution is 2.44. The lowest BCUT2D eigenvalue weighted by Gasteiger charge is -2.27. The summed E-state index contributed by atoms with van der Waals surface area (Å²) in [7, 11) is 1.66. The Labute approximate surface area is 181 Å². The van der Waals surface area contributed by atoms with E-state index in [1.807, 2.05) is 83.9 Å². The van der Waals surface area contributed by atoms with E-state index in [-0.39, 0.29) is 17.7 Å². The van der Waals surface area contributed by atoms with Crippen LogP contribution in [-0.2, 0) is 0 Å². The molecule has 0 saturated heterocycles. The lowest BCUT2D eigenvalue weighted by atomic mass is 9.87. The van der Waals surface area contributed by atoms with Gasteiger partial charge in [0.2, 0.25) is 0 Å². The number of hydrogen-bond donors (Lipinski definition) is 1. The Morgan fingerprint density at radius 3 is 2.42 bits per heavy atom. The van der Waals surface area contributed by atoms with Crippen LogP contribution in [0.25, 0.3) is 10.9 Å². The summed E-state index contributed by atoms with van der Waals surface area (Å²) in [5.41, 5.74) is 4.41. The second kappa shape index (κ2) is 7.76. The normalized spacial score (nSPS) is 18.3. The van der Waals surface area contributed by atoms with E-state index < -0.39 is 0 Å². The van der Waals surface area contributed by atoms with Crippen molar-refractivity contribution in [2.75, 3.05) is 12.1 Å². The van der Waals surface area contributed by atoms with Crippen LogP contribution in [0.15, 0.2) is 90.2 Å². The lowest BCUT2D eigenvalue weighted by molar-refractivity contribution is 0.415. The van der Waals surface area contributed by atoms with Gasteiger partial charge in [0.25, 0.3) is 0 Å². The maximum Gasteiger partial charge on any atom is 0.147 e. The van der Waals surface area contributed by atoms with Gasteiger partial charge in [-0.2, -0.15) is 5.10 Å². The third-order valence-corrected chi connectivity index (χ3v) is 5.89. The highest BCUT2D eigenvalue weighted by atomic mass is 16.5. The number of pyridine rings is 1. The number of nitrogens with zero attached hydrogens (tertiary/aromatic N) is 3. The molecule has 31 heavy (non-hydrogen) atoms. The van der Waals surface area contributed by atoms with Gasteiger partial charge in [-0.15, -0.1) is 0 Å². The van der Waals surface area contributed by atoms with Crippen molar-refractivity contribution >= 4 is 22.3 Å². The maximum absolute atomic E-state index is 11.2. The molecule has 1 aliphatic rings. The van der Waals surface area contributed by atoms with Gasteiger partial charge in [-0.1, -0.05) is 43.3 Å². The molecule has 0 amide bonds. The number of phenolic OH excluding ortho intramolecular Hbond substituents is 1. The fourth-order valence-corrected chi connectivity index (χ4v) is 4.30. The summed E-state index contributed by atoms with van der Waals surface area (Å²) in [6.07, 6.45) is 1.71. The molecule has 154 valence electrons. The number of aromatic nitrogens is 1. The van der Waals surface area contributed by atoms with Crippen LogP contribution in [0.4, 0.5) is 5.69 Å². The van der Waals surface area contributed by atoms with Crippen molar-refractivity contribution in [3.05, 3.63) is 96.2 Å². The van der Waals surface area contributed by atoms with Crippen molar-refractivity contribution in [3.8, 4) is 11.5 Å². The number of rotatable bonds is 4. The maximum atomic E-state index is 11.2. The van der Waals surface area contributed by atoms with E-state index in [0.29, 0.717) is 5.52 Å². The van der Waals surface area contributed by atoms with Crippen LogP contribution in [-0.4, -0.2) is 22.9 Å². The summed E-state index contributed by atoms with van der Waals surface area (Å²) in [6.45, 7) is 2.15. The van der Waals surface area contributed by atoms with Gasteiger partial charge >= 0.3 is 0 Å². The van der Waals surface area contributed by atoms with E-state index in [4.69, 9.17) is 9.84 Å². The van der Waals surface area contributed by atoms with Crippen LogP contribution in [0.1, 0.15) is 24.1 Å². The number of phenols is 1. The summed E-state index contributed by atoms with van der Waals surface area (Å²) in [4.78, 5) is 4.41. The molecular formula is C26H23N3O2. The molecule has 0 saturated carbocycles. The zero-order chi connectivity index (χ0) is 21.4. The van der Waals surface area contributed by atoms with E-state index in [9.17, 15) is 5.11 Å². The van der Waals surface area contributed by atoms with Gasteiger partial charge < -0.3 is 9.84 Å². The number of aromatic hydroxyl groups is 1. The van der Waals surface area contributed by atoms with Crippen LogP contribution in [0, 0.1) is 5.92 Å². The number of para-hydroxylation sites is 1. The van der Waals surface area contributed by atoms with Gasteiger partial charge in [0.1, 0.15) is 17.0 Å². The zero-order valence-electron chi connectivity index (χ0n) is 17.4. The summed E-state index contributed by atoms with van der Waals surface area (Å²) in [6, 6.07) is 25.7. The molecule has 1 aliphatic heterocycles. The standard InChI is InChI=1S/C26H23N3O2/c1-17-23(19-10-13-21(31-2)14-11-19)28-29(20-8-4-3-5-9-20)25(17)22-15-12-18-7-6-16-27-24(18)26(22)30/h3-17,25,30H,1-2H3. The topological polar surface area (TPSA) is 58.0 Å². The molecule has 2 atom stereocenters. The summed E-state index contributed by atoms with van der Waals surface area (Å²) in [5, 5.41) is 19.1. The number of benzene rings is 3. The minimum atomic E-state index is -0.161. The van der Waals surface area contributed by atoms with Crippen LogP contribution >= 0.6 is 0 Å². The summed E-state index contributed by atoms with van der Waals surface area (Å²) < 4.78 is 5.31. The smallest absolute Gasteiger partial charge is 0.147 e. The van der Waals surface area contributed by atoms with Crippen molar-refractivity contribution in [3.63, 3.8) is 0 Å². The average molecular weight is 409 g/mol. The Balaban J connectivity index is 1.64. The molecule has 5 rings (SSSR count). The first-order chi connectivity index (χ1) is 15.2. The van der Waals surface area contributed by atoms with Crippen LogP contribution in [0.5, 0.6) is 11.5 Å². The summed E-state index contributed by atoms with van der Waals surface area (Å²) in [5.74, 6) is 1.06. The lowest BCUT2D eigenvalue weighted by Crippen LogP contribution is -2.24. The molecule has 0 spiro atoms. The van der Waals surface area contributed by atoms with E-state index in [0.717, 1.165) is 33.7 Å². The Bertz CT molecular complexity index is 1250. The molecule has 0 bridgehead atoms. The van der Waals surface area contributed by atoms with Crippen molar-refractivity contribution in [1.82, 2.24) is 4.98 Å². The fraction of sp³-hybridized carbons (Fsp3) is 0.154. The number of hydrazone groups is 1. The number of fused-ring (bicyclic) bond motifs is 1. The molecule has 3 aromatic carbocycles. The quantitative estimate of drug-likeness (QED) is 0.480. The number of hydrogen-bond acceptors (Lipinski definition) is 5. The van der Waals surface area contributed by atoms with Gasteiger partial charge in [0.15, 0.2) is 0 Å². The molecule has 0 radical (unpaired) electrons. The van der Waals surface area contributed by atoms with Crippen molar-refractivity contribution in [2.45, 2.75) is 13.0 Å². The molecule has 1 N–H and O–H groups in total. The van der Waals surface area contributed by atoms with E-state index in [2.05, 4.69) is 11.9 Å². The van der Waals surface area contributed by atoms with Crippen LogP contribution in [0.3, 0.4) is 0 Å². The van der Waals surface area contributed by atoms with E-state index in [1.54, 1.807) is 13.3 Å². The molecule has 1 aromatic heterocycles. The molecule has 5 heteroatoms. The first kappa shape index (κ1) is 19.1. The van der Waals surface area contributed by atoms with Gasteiger partial charge in [-0.25, -0.2) is 0 Å². The zero-order valence-corrected chi connectivity index (χ0v) is 17.4. The fourth-order valence-electron chi connectivity index (χ4n) is 4.30. The Kier molecular flexibility index (Phi) is 4.79. The first-order valence-corrected chi connectivity index (χ1v) is 10.3. The highest BCUT2D eigenvalue weighted by Gasteiger charge is 2.38. The largest absolute Gasteiger partial charge is 0.505 e. The predicted octanol–water partition coefficient (Wildman–Crippen LogP) is 5.55. The van der Waals surface area contributed by atoms with Crippen molar-refractivity contribution in [2.24, 2.45) is 11.0 Å². The third-order valence-electron chi connectivity index (χ3n) is 5.89. The molecule has 0 aliphatic carbocycles. The van der Waals surface area contributed by atoms with Crippen LogP contribution in [0.2, 0.25) is 0 Å². The molecular weight excluding hydrogens is 386 g/mol. The SMILES string of the molecule is COc1ccc(C2=NN(c3ccccc3)C(c3ccc4cccnc4c3O)C2C)cc1. The second-order valence-electron chi connectivity index (χ2n) is 7.71. The Morgan fingerprint density at radius 2 is 1.68 bits per heavy atom. The van der Waals surface area contributed by atoms with Crippen molar-refractivity contribution in [1.29, 1.82) is 0 Å². The molecule has 4 aromatic rings. The molecule has 5 nitrogen and oxygen atoms in total. The monoisotopic (exact) mass is 409 g/mol. The molecule has 0 fully saturated rings. The average Bonchev–Trinajstić information content (AvgIpc) is 3.17. The first-order valence-electron chi connectivity index (χ1n) is 10.3. The third kappa shape index (κ3) is 3.28. The van der Waals surface area contributed by atoms with Gasteiger partial charge in [-0.05, 0) is 48.0 Å². The van der Waals surface area contributed by atoms with Gasteiger partial charge in [-0.3, -0.25) is 9.99 Å². The van der Waals surface area contributed by atoms with Crippen LogP contribution < -0.4 is 9.75 Å². The minimum absolute atomic E-state index is 0.0423. The highest BCUT2D eigenvalue weighted by molar-refractivity contribution is 6.05. The predicted molar refractivity (Wildman–Crippen MR) is 124 cm³/mol. The Hall–Kier alpha value is -3.86. The van der Waals surface area contributed by atoms with E-state index >= 15 is 0 Å². The molecule has 2 unspecified atom stereocenters. The minimum Gasteiger partial charge on any atom is -0.505 e. The Morgan fingerprint density at radius 1 is 0.903 bits per heavy atom. The van der Waals surface area contributed by atoms with Crippen molar-refractivity contribution < 1.29 is 9.84 Å². The molecule has 2 heterocycles. The van der Waals surface area contributed by atoms with Gasteiger partial charge in [0.05, 0.1) is 24.6 Å². The number of methoxy groups -OCH3 is 1. The number of ether oxygens (including phenoxy) is 1. The summed E-state index contributed by atoms with van der Waals surface area (Å²) >= 11 is 0. The van der Waals surface area contributed by atoms with E-state index in [1.165, 1.54) is 0 Å². The number of anilines is 1.